The van der Waals surface area contributed by atoms with Gasteiger partial charge in [-0.1, -0.05) is 30.3 Å². The van der Waals surface area contributed by atoms with Crippen LogP contribution in [0.15, 0.2) is 67.1 Å². The van der Waals surface area contributed by atoms with Crippen molar-refractivity contribution in [2.24, 2.45) is 0 Å². The van der Waals surface area contributed by atoms with Gasteiger partial charge >= 0.3 is 0 Å². The van der Waals surface area contributed by atoms with Crippen LogP contribution in [0, 0.1) is 0 Å². The number of rotatable bonds is 9. The number of aliphatic hydroxyl groups is 1. The number of hydrogen-bond acceptors (Lipinski definition) is 8. The van der Waals surface area contributed by atoms with Crippen molar-refractivity contribution in [1.29, 1.82) is 0 Å². The summed E-state index contributed by atoms with van der Waals surface area (Å²) in [6.45, 7) is 6.73. The molecule has 2 atom stereocenters. The molecule has 1 saturated heterocycles. The average molecular weight is 594 g/mol. The number of likely N-dealkylation sites (N-methyl/N-ethyl adjacent to an activating group) is 1. The zero-order valence-corrected chi connectivity index (χ0v) is 25.3. The van der Waals surface area contributed by atoms with E-state index >= 15 is 0 Å². The van der Waals surface area contributed by atoms with E-state index in [-0.39, 0.29) is 11.9 Å². The summed E-state index contributed by atoms with van der Waals surface area (Å²) < 4.78 is 3.97. The number of hydrogen-bond donors (Lipinski definition) is 2. The number of pyridine rings is 1. The average Bonchev–Trinajstić information content (AvgIpc) is 3.64. The van der Waals surface area contributed by atoms with Crippen LogP contribution in [0.2, 0.25) is 0 Å². The number of aliphatic hydroxyl groups excluding tert-OH is 1. The van der Waals surface area contributed by atoms with Crippen LogP contribution in [0.4, 0.5) is 5.82 Å². The Morgan fingerprint density at radius 2 is 1.86 bits per heavy atom. The standard InChI is InChI=1S/C33H39N9O2/c1-38-13-15-40(16-14-38)17-18-41-22-26(24-9-6-12-34-31(24)41)28-19-30(39(2)21-23-7-4-3-5-8-23)42-32(36-28)25(20-35-42)33(44)37-27-10-11-29(27)43/h3-9,12,19-20,22,27,29,43H,10-11,13-18,21H2,1-2H3,(H,37,44). The van der Waals surface area contributed by atoms with Crippen molar-refractivity contribution in [3.63, 3.8) is 0 Å². The molecule has 2 fully saturated rings. The number of carbonyl (C=O) groups excluding carboxylic acids is 1. The Morgan fingerprint density at radius 1 is 1.05 bits per heavy atom. The molecule has 4 aromatic heterocycles. The first kappa shape index (κ1) is 28.5. The molecule has 0 spiro atoms. The summed E-state index contributed by atoms with van der Waals surface area (Å²) in [7, 11) is 4.20. The number of piperazine rings is 1. The number of carbonyl (C=O) groups is 1. The van der Waals surface area contributed by atoms with Crippen LogP contribution in [0.5, 0.6) is 0 Å². The van der Waals surface area contributed by atoms with E-state index in [1.54, 1.807) is 10.7 Å². The zero-order valence-electron chi connectivity index (χ0n) is 25.3. The van der Waals surface area contributed by atoms with E-state index in [4.69, 9.17) is 9.97 Å². The fraction of sp³-hybridized carbons (Fsp3) is 0.394. The quantitative estimate of drug-likeness (QED) is 0.269. The summed E-state index contributed by atoms with van der Waals surface area (Å²) in [5, 5.41) is 18.7. The molecule has 2 N–H and O–H groups in total. The number of benzene rings is 1. The maximum absolute atomic E-state index is 13.4. The highest BCUT2D eigenvalue weighted by Gasteiger charge is 2.31. The number of anilines is 1. The van der Waals surface area contributed by atoms with Gasteiger partial charge in [-0.2, -0.15) is 9.61 Å². The van der Waals surface area contributed by atoms with Gasteiger partial charge in [-0.05, 0) is 37.6 Å². The van der Waals surface area contributed by atoms with Crippen LogP contribution in [0.1, 0.15) is 28.8 Å². The summed E-state index contributed by atoms with van der Waals surface area (Å²) in [5.74, 6) is 0.542. The summed E-state index contributed by atoms with van der Waals surface area (Å²) in [4.78, 5) is 30.2. The van der Waals surface area contributed by atoms with Crippen molar-refractivity contribution >= 4 is 28.4 Å². The highest BCUT2D eigenvalue weighted by Crippen LogP contribution is 2.32. The maximum atomic E-state index is 13.4. The summed E-state index contributed by atoms with van der Waals surface area (Å²) in [6.07, 6.45) is 6.51. The predicted octanol–water partition coefficient (Wildman–Crippen LogP) is 2.88. The highest BCUT2D eigenvalue weighted by molar-refractivity contribution is 6.01. The summed E-state index contributed by atoms with van der Waals surface area (Å²) >= 11 is 0. The minimum Gasteiger partial charge on any atom is -0.391 e. The second kappa shape index (κ2) is 12.0. The highest BCUT2D eigenvalue weighted by atomic mass is 16.3. The van der Waals surface area contributed by atoms with Crippen molar-refractivity contribution in [3.05, 3.63) is 78.2 Å². The molecule has 2 unspecified atom stereocenters. The first-order chi connectivity index (χ1) is 21.4. The molecule has 228 valence electrons. The van der Waals surface area contributed by atoms with Crippen molar-refractivity contribution in [2.75, 3.05) is 51.7 Å². The number of amides is 1. The molecule has 44 heavy (non-hydrogen) atoms. The molecule has 0 bridgehead atoms. The van der Waals surface area contributed by atoms with Crippen LogP contribution in [0.3, 0.4) is 0 Å². The number of fused-ring (bicyclic) bond motifs is 2. The molecule has 11 heteroatoms. The Morgan fingerprint density at radius 3 is 2.61 bits per heavy atom. The topological polar surface area (TPSA) is 107 Å². The minimum atomic E-state index is -0.513. The van der Waals surface area contributed by atoms with Crippen molar-refractivity contribution in [3.8, 4) is 11.3 Å². The third kappa shape index (κ3) is 5.54. The van der Waals surface area contributed by atoms with Crippen LogP contribution in [-0.4, -0.2) is 104 Å². The van der Waals surface area contributed by atoms with E-state index in [1.165, 1.54) is 0 Å². The van der Waals surface area contributed by atoms with Crippen LogP contribution in [-0.2, 0) is 13.1 Å². The van der Waals surface area contributed by atoms with E-state index in [9.17, 15) is 9.90 Å². The van der Waals surface area contributed by atoms with Gasteiger partial charge in [0.1, 0.15) is 17.0 Å². The number of nitrogens with zero attached hydrogens (tertiary/aromatic N) is 8. The molecule has 1 aliphatic carbocycles. The van der Waals surface area contributed by atoms with Gasteiger partial charge in [-0.25, -0.2) is 9.97 Å². The maximum Gasteiger partial charge on any atom is 0.257 e. The smallest absolute Gasteiger partial charge is 0.257 e. The molecule has 5 aromatic rings. The molecule has 5 heterocycles. The zero-order chi connectivity index (χ0) is 30.2. The van der Waals surface area contributed by atoms with Crippen molar-refractivity contribution < 1.29 is 9.90 Å². The molecule has 11 nitrogen and oxygen atoms in total. The van der Waals surface area contributed by atoms with Gasteiger partial charge in [0, 0.05) is 82.3 Å². The molecule has 7 rings (SSSR count). The van der Waals surface area contributed by atoms with Gasteiger partial charge in [0.2, 0.25) is 0 Å². The summed E-state index contributed by atoms with van der Waals surface area (Å²) in [6, 6.07) is 16.1. The predicted molar refractivity (Wildman–Crippen MR) is 171 cm³/mol. The first-order valence-electron chi connectivity index (χ1n) is 15.4. The lowest BCUT2D eigenvalue weighted by Gasteiger charge is -2.32. The third-order valence-electron chi connectivity index (χ3n) is 9.07. The van der Waals surface area contributed by atoms with E-state index in [1.807, 2.05) is 43.6 Å². The minimum absolute atomic E-state index is 0.245. The Bertz CT molecular complexity index is 1770. The SMILES string of the molecule is CN1CCN(CCn2cc(-c3cc(N(C)Cc4ccccc4)n4ncc(C(=O)NC5CCC5O)c4n3)c3cccnc32)CC1. The van der Waals surface area contributed by atoms with E-state index in [2.05, 4.69) is 61.1 Å². The molecule has 1 aliphatic heterocycles. The van der Waals surface area contributed by atoms with Gasteiger partial charge in [-0.3, -0.25) is 9.69 Å². The largest absolute Gasteiger partial charge is 0.391 e. The van der Waals surface area contributed by atoms with E-state index < -0.39 is 6.10 Å². The van der Waals surface area contributed by atoms with Gasteiger partial charge in [0.05, 0.1) is 24.0 Å². The van der Waals surface area contributed by atoms with Gasteiger partial charge in [-0.15, -0.1) is 0 Å². The fourth-order valence-corrected chi connectivity index (χ4v) is 6.17. The Labute approximate surface area is 256 Å². The van der Waals surface area contributed by atoms with Gasteiger partial charge in [0.25, 0.3) is 5.91 Å². The first-order valence-corrected chi connectivity index (χ1v) is 15.4. The fourth-order valence-electron chi connectivity index (χ4n) is 6.17. The lowest BCUT2D eigenvalue weighted by Crippen LogP contribution is -2.50. The van der Waals surface area contributed by atoms with Crippen molar-refractivity contribution in [2.45, 2.75) is 38.1 Å². The van der Waals surface area contributed by atoms with Crippen LogP contribution < -0.4 is 10.2 Å². The van der Waals surface area contributed by atoms with Crippen LogP contribution >= 0.6 is 0 Å². The Hall–Kier alpha value is -4.32. The monoisotopic (exact) mass is 593 g/mol. The number of nitrogens with one attached hydrogen (secondary N) is 1. The lowest BCUT2D eigenvalue weighted by atomic mass is 9.89. The molecular weight excluding hydrogens is 554 g/mol. The van der Waals surface area contributed by atoms with E-state index in [0.717, 1.165) is 79.4 Å². The lowest BCUT2D eigenvalue weighted by molar-refractivity contribution is 0.0448. The summed E-state index contributed by atoms with van der Waals surface area (Å²) in [5.41, 5.74) is 4.66. The van der Waals surface area contributed by atoms with Crippen molar-refractivity contribution in [1.82, 2.24) is 39.3 Å². The normalized spacial score (nSPS) is 19.3. The molecule has 1 aromatic carbocycles. The Balaban J connectivity index is 1.28. The second-order valence-electron chi connectivity index (χ2n) is 12.1. The van der Waals surface area contributed by atoms with Crippen LogP contribution in [0.25, 0.3) is 27.9 Å². The molecular formula is C33H39N9O2. The van der Waals surface area contributed by atoms with E-state index in [0.29, 0.717) is 24.2 Å². The van der Waals surface area contributed by atoms with Gasteiger partial charge in [0.15, 0.2) is 5.65 Å². The van der Waals surface area contributed by atoms with Gasteiger partial charge < -0.3 is 24.8 Å². The Kier molecular flexibility index (Phi) is 7.75. The molecule has 1 amide bonds. The number of aromatic nitrogens is 5. The second-order valence-corrected chi connectivity index (χ2v) is 12.1. The molecule has 2 aliphatic rings. The third-order valence-corrected chi connectivity index (χ3v) is 9.07. The molecule has 0 radical (unpaired) electrons. The molecule has 1 saturated carbocycles.